The average molecular weight is 250 g/mol. The molecule has 0 amide bonds. The van der Waals surface area contributed by atoms with Gasteiger partial charge in [0.05, 0.1) is 12.8 Å². The third kappa shape index (κ3) is 2.54. The van der Waals surface area contributed by atoms with E-state index in [4.69, 9.17) is 21.1 Å². The first kappa shape index (κ1) is 12.6. The third-order valence-corrected chi connectivity index (χ3v) is 2.46. The quantitative estimate of drug-likeness (QED) is 0.718. The number of hydrogen-bond donors (Lipinski definition) is 0. The van der Waals surface area contributed by atoms with E-state index in [0.29, 0.717) is 12.5 Å². The molecule has 1 aliphatic heterocycles. The van der Waals surface area contributed by atoms with Crippen molar-refractivity contribution in [1.82, 2.24) is 4.98 Å². The molecule has 1 aromatic heterocycles. The van der Waals surface area contributed by atoms with Crippen LogP contribution in [-0.2, 0) is 17.2 Å². The highest BCUT2D eigenvalue weighted by Crippen LogP contribution is 2.32. The molecule has 0 atom stereocenters. The van der Waals surface area contributed by atoms with Crippen molar-refractivity contribution in [1.29, 1.82) is 0 Å². The number of halogens is 2. The first-order chi connectivity index (χ1) is 6.62. The molecule has 0 unspecified atom stereocenters. The number of ether oxygens (including phenoxy) is 2. The van der Waals surface area contributed by atoms with Gasteiger partial charge in [-0.05, 0) is 5.56 Å². The maximum absolute atomic E-state index is 5.78. The smallest absolute Gasteiger partial charge is 0.205 e. The minimum atomic E-state index is -0.570. The van der Waals surface area contributed by atoms with Crippen LogP contribution in [0, 0.1) is 0 Å². The summed E-state index contributed by atoms with van der Waals surface area (Å²) in [5.74, 6) is 0.641. The number of alkyl halides is 1. The molecule has 15 heavy (non-hydrogen) atoms. The van der Waals surface area contributed by atoms with Gasteiger partial charge in [-0.3, -0.25) is 4.98 Å². The molecule has 1 aliphatic rings. The monoisotopic (exact) mass is 249 g/mol. The minimum Gasteiger partial charge on any atom is -0.461 e. The third-order valence-electron chi connectivity index (χ3n) is 2.17. The molecule has 0 bridgehead atoms. The van der Waals surface area contributed by atoms with E-state index in [1.807, 2.05) is 13.8 Å². The number of aromatic nitrogens is 1. The molecular formula is C10H13Cl2NO2. The lowest BCUT2D eigenvalue weighted by Crippen LogP contribution is -2.35. The average Bonchev–Trinajstić information content (AvgIpc) is 2.15. The van der Waals surface area contributed by atoms with E-state index in [9.17, 15) is 0 Å². The molecule has 0 N–H and O–H groups in total. The van der Waals surface area contributed by atoms with Gasteiger partial charge >= 0.3 is 0 Å². The zero-order valence-corrected chi connectivity index (χ0v) is 10.2. The zero-order valence-electron chi connectivity index (χ0n) is 8.62. The van der Waals surface area contributed by atoms with Crippen molar-refractivity contribution in [3.8, 4) is 5.75 Å². The Hall–Kier alpha value is -0.510. The van der Waals surface area contributed by atoms with Crippen LogP contribution >= 0.6 is 24.0 Å². The number of nitrogens with zero attached hydrogens (tertiary/aromatic N) is 1. The maximum Gasteiger partial charge on any atom is 0.205 e. The summed E-state index contributed by atoms with van der Waals surface area (Å²) in [7, 11) is 0. The zero-order chi connectivity index (χ0) is 10.2. The highest BCUT2D eigenvalue weighted by Gasteiger charge is 2.28. The van der Waals surface area contributed by atoms with Crippen molar-refractivity contribution in [2.75, 3.05) is 0 Å². The van der Waals surface area contributed by atoms with Crippen LogP contribution in [-0.4, -0.2) is 10.8 Å². The molecule has 0 fully saturated rings. The van der Waals surface area contributed by atoms with Crippen LogP contribution < -0.4 is 4.74 Å². The van der Waals surface area contributed by atoms with Gasteiger partial charge in [-0.15, -0.1) is 24.0 Å². The Morgan fingerprint density at radius 3 is 2.87 bits per heavy atom. The van der Waals surface area contributed by atoms with Crippen LogP contribution in [0.15, 0.2) is 12.4 Å². The molecule has 84 valence electrons. The lowest BCUT2D eigenvalue weighted by molar-refractivity contribution is -0.180. The molecule has 0 aromatic carbocycles. The molecule has 0 aliphatic carbocycles. The Balaban J connectivity index is 0.00000112. The van der Waals surface area contributed by atoms with Crippen molar-refractivity contribution in [3.63, 3.8) is 0 Å². The van der Waals surface area contributed by atoms with Crippen molar-refractivity contribution in [3.05, 3.63) is 23.5 Å². The van der Waals surface area contributed by atoms with Crippen LogP contribution in [0.3, 0.4) is 0 Å². The molecule has 0 spiro atoms. The Bertz CT molecular complexity index is 355. The lowest BCUT2D eigenvalue weighted by Gasteiger charge is -2.32. The molecule has 5 heteroatoms. The predicted molar refractivity (Wildman–Crippen MR) is 60.5 cm³/mol. The Kier molecular flexibility index (Phi) is 3.82. The maximum atomic E-state index is 5.78. The Labute approximate surface area is 100 Å². The summed E-state index contributed by atoms with van der Waals surface area (Å²) in [6.07, 6.45) is 3.45. The van der Waals surface area contributed by atoms with Gasteiger partial charge < -0.3 is 9.47 Å². The van der Waals surface area contributed by atoms with E-state index >= 15 is 0 Å². The van der Waals surface area contributed by atoms with Gasteiger partial charge in [-0.2, -0.15) is 0 Å². The van der Waals surface area contributed by atoms with Gasteiger partial charge in [-0.25, -0.2) is 0 Å². The SMILES string of the molecule is CC1(C)OCc2c(CCl)cncc2O1.Cl. The highest BCUT2D eigenvalue weighted by molar-refractivity contribution is 6.17. The molecule has 3 nitrogen and oxygen atoms in total. The van der Waals surface area contributed by atoms with E-state index in [1.54, 1.807) is 12.4 Å². The summed E-state index contributed by atoms with van der Waals surface area (Å²) in [5.41, 5.74) is 1.98. The Morgan fingerprint density at radius 2 is 2.20 bits per heavy atom. The summed E-state index contributed by atoms with van der Waals surface area (Å²) in [4.78, 5) is 4.07. The van der Waals surface area contributed by atoms with Crippen molar-refractivity contribution in [2.45, 2.75) is 32.1 Å². The standard InChI is InChI=1S/C10H12ClNO2.ClH/c1-10(2)13-6-8-7(3-11)4-12-5-9(8)14-10;/h4-5H,3,6H2,1-2H3;1H. The number of hydrogen-bond acceptors (Lipinski definition) is 3. The first-order valence-corrected chi connectivity index (χ1v) is 5.00. The summed E-state index contributed by atoms with van der Waals surface area (Å²) in [5, 5.41) is 0. The van der Waals surface area contributed by atoms with E-state index < -0.39 is 5.79 Å². The number of pyridine rings is 1. The van der Waals surface area contributed by atoms with Gasteiger partial charge in [-0.1, -0.05) is 0 Å². The largest absolute Gasteiger partial charge is 0.461 e. The topological polar surface area (TPSA) is 31.4 Å². The molecular weight excluding hydrogens is 237 g/mol. The molecule has 1 aromatic rings. The van der Waals surface area contributed by atoms with Crippen LogP contribution in [0.5, 0.6) is 5.75 Å². The number of rotatable bonds is 1. The van der Waals surface area contributed by atoms with Gasteiger partial charge in [0.2, 0.25) is 5.79 Å². The summed E-state index contributed by atoms with van der Waals surface area (Å²) >= 11 is 5.78. The normalized spacial score (nSPS) is 17.3. The lowest BCUT2D eigenvalue weighted by atomic mass is 10.1. The van der Waals surface area contributed by atoms with Gasteiger partial charge in [0.25, 0.3) is 0 Å². The second-order valence-corrected chi connectivity index (χ2v) is 3.97. The first-order valence-electron chi connectivity index (χ1n) is 4.47. The molecule has 2 heterocycles. The molecule has 0 saturated carbocycles. The summed E-state index contributed by atoms with van der Waals surface area (Å²) in [6.45, 7) is 4.29. The molecule has 2 rings (SSSR count). The van der Waals surface area contributed by atoms with Gasteiger partial charge in [0, 0.05) is 31.5 Å². The van der Waals surface area contributed by atoms with Crippen LogP contribution in [0.2, 0.25) is 0 Å². The predicted octanol–water partition coefficient (Wildman–Crippen LogP) is 2.89. The van der Waals surface area contributed by atoms with E-state index in [-0.39, 0.29) is 12.4 Å². The minimum absolute atomic E-state index is 0. The summed E-state index contributed by atoms with van der Waals surface area (Å²) in [6, 6.07) is 0. The van der Waals surface area contributed by atoms with Crippen LogP contribution in [0.4, 0.5) is 0 Å². The van der Waals surface area contributed by atoms with Crippen LogP contribution in [0.25, 0.3) is 0 Å². The summed E-state index contributed by atoms with van der Waals surface area (Å²) < 4.78 is 11.1. The van der Waals surface area contributed by atoms with E-state index in [0.717, 1.165) is 16.9 Å². The number of fused-ring (bicyclic) bond motifs is 1. The fourth-order valence-corrected chi connectivity index (χ4v) is 1.65. The van der Waals surface area contributed by atoms with Gasteiger partial charge in [0.15, 0.2) is 0 Å². The second-order valence-electron chi connectivity index (χ2n) is 3.70. The van der Waals surface area contributed by atoms with Crippen molar-refractivity contribution in [2.24, 2.45) is 0 Å². The van der Waals surface area contributed by atoms with E-state index in [1.165, 1.54) is 0 Å². The van der Waals surface area contributed by atoms with E-state index in [2.05, 4.69) is 4.98 Å². The van der Waals surface area contributed by atoms with Crippen LogP contribution in [0.1, 0.15) is 25.0 Å². The van der Waals surface area contributed by atoms with Gasteiger partial charge in [0.1, 0.15) is 5.75 Å². The molecule has 0 radical (unpaired) electrons. The van der Waals surface area contributed by atoms with Crippen molar-refractivity contribution < 1.29 is 9.47 Å². The fraction of sp³-hybridized carbons (Fsp3) is 0.500. The van der Waals surface area contributed by atoms with Crippen molar-refractivity contribution >= 4 is 24.0 Å². The fourth-order valence-electron chi connectivity index (χ4n) is 1.42. The second kappa shape index (κ2) is 4.56. The Morgan fingerprint density at radius 1 is 1.47 bits per heavy atom. The molecule has 0 saturated heterocycles. The highest BCUT2D eigenvalue weighted by atomic mass is 35.5.